The summed E-state index contributed by atoms with van der Waals surface area (Å²) >= 11 is 0. The van der Waals surface area contributed by atoms with E-state index >= 15 is 0 Å². The van der Waals surface area contributed by atoms with Crippen molar-refractivity contribution < 1.29 is 24.5 Å². The quantitative estimate of drug-likeness (QED) is 0.608. The molecule has 1 aliphatic rings. The number of carboxylic acid groups (broad SMARTS) is 1. The number of aliphatic hydroxyl groups is 1. The molecule has 0 radical (unpaired) electrons. The van der Waals surface area contributed by atoms with Crippen molar-refractivity contribution in [2.75, 3.05) is 19.6 Å². The predicted molar refractivity (Wildman–Crippen MR) is 58.6 cm³/mol. The molecule has 7 nitrogen and oxygen atoms in total. The zero-order valence-electron chi connectivity index (χ0n) is 9.92. The minimum atomic E-state index is -1.57. The summed E-state index contributed by atoms with van der Waals surface area (Å²) in [5, 5.41) is 19.8. The highest BCUT2D eigenvalue weighted by Gasteiger charge is 2.26. The number of morpholine rings is 1. The average molecular weight is 246 g/mol. The highest BCUT2D eigenvalue weighted by Crippen LogP contribution is 2.10. The Morgan fingerprint density at radius 2 is 1.94 bits per heavy atom. The van der Waals surface area contributed by atoms with Gasteiger partial charge in [-0.25, -0.2) is 9.59 Å². The van der Waals surface area contributed by atoms with E-state index < -0.39 is 12.1 Å². The number of hydrogen-bond acceptors (Lipinski definition) is 4. The van der Waals surface area contributed by atoms with E-state index in [0.29, 0.717) is 13.1 Å². The SMILES string of the molecule is CC1CN(C(=O)NC[C@H](O)C(=O)O)CC(C)O1. The first-order valence-corrected chi connectivity index (χ1v) is 5.49. The Kier molecular flexibility index (Phi) is 4.71. The summed E-state index contributed by atoms with van der Waals surface area (Å²) in [4.78, 5) is 23.6. The Bertz CT molecular complexity index is 286. The van der Waals surface area contributed by atoms with Gasteiger partial charge in [-0.2, -0.15) is 0 Å². The van der Waals surface area contributed by atoms with Gasteiger partial charge < -0.3 is 25.2 Å². The third kappa shape index (κ3) is 4.20. The number of hydrogen-bond donors (Lipinski definition) is 3. The molecule has 0 saturated carbocycles. The van der Waals surface area contributed by atoms with E-state index in [0.717, 1.165) is 0 Å². The number of nitrogens with one attached hydrogen (secondary N) is 1. The van der Waals surface area contributed by atoms with Crippen LogP contribution in [0.4, 0.5) is 4.79 Å². The normalized spacial score (nSPS) is 26.4. The fourth-order valence-electron chi connectivity index (χ4n) is 1.73. The molecule has 1 rings (SSSR count). The van der Waals surface area contributed by atoms with Crippen molar-refractivity contribution in [1.82, 2.24) is 10.2 Å². The first-order valence-electron chi connectivity index (χ1n) is 5.49. The first-order chi connectivity index (χ1) is 7.90. The second kappa shape index (κ2) is 5.83. The third-order valence-electron chi connectivity index (χ3n) is 2.44. The standard InChI is InChI=1S/C10H18N2O5/c1-6-4-12(5-7(2)17-6)10(16)11-3-8(13)9(14)15/h6-8,13H,3-5H2,1-2H3,(H,11,16)(H,14,15)/t6?,7?,8-/m0/s1. The summed E-state index contributed by atoms with van der Waals surface area (Å²) in [5.41, 5.74) is 0. The van der Waals surface area contributed by atoms with Crippen LogP contribution in [0.3, 0.4) is 0 Å². The van der Waals surface area contributed by atoms with Crippen LogP contribution in [0.2, 0.25) is 0 Å². The molecule has 0 aromatic heterocycles. The molecule has 0 aromatic rings. The van der Waals surface area contributed by atoms with Crippen LogP contribution < -0.4 is 5.32 Å². The molecule has 17 heavy (non-hydrogen) atoms. The number of carbonyl (C=O) groups excluding carboxylic acids is 1. The molecule has 0 aliphatic carbocycles. The van der Waals surface area contributed by atoms with Crippen molar-refractivity contribution in [3.8, 4) is 0 Å². The molecule has 1 heterocycles. The van der Waals surface area contributed by atoms with E-state index in [9.17, 15) is 9.59 Å². The molecule has 2 amide bonds. The van der Waals surface area contributed by atoms with Crippen LogP contribution >= 0.6 is 0 Å². The van der Waals surface area contributed by atoms with Gasteiger partial charge in [0.2, 0.25) is 0 Å². The van der Waals surface area contributed by atoms with Gasteiger partial charge in [-0.15, -0.1) is 0 Å². The molecule has 2 unspecified atom stereocenters. The average Bonchev–Trinajstić information content (AvgIpc) is 2.23. The fraction of sp³-hybridized carbons (Fsp3) is 0.800. The maximum absolute atomic E-state index is 11.7. The van der Waals surface area contributed by atoms with E-state index in [2.05, 4.69) is 5.32 Å². The molecule has 7 heteroatoms. The zero-order chi connectivity index (χ0) is 13.0. The zero-order valence-corrected chi connectivity index (χ0v) is 9.92. The highest BCUT2D eigenvalue weighted by molar-refractivity contribution is 5.76. The number of aliphatic hydroxyl groups excluding tert-OH is 1. The monoisotopic (exact) mass is 246 g/mol. The Morgan fingerprint density at radius 3 is 2.41 bits per heavy atom. The lowest BCUT2D eigenvalue weighted by atomic mass is 10.2. The Balaban J connectivity index is 2.39. The molecule has 98 valence electrons. The topological polar surface area (TPSA) is 99.1 Å². The van der Waals surface area contributed by atoms with Crippen LogP contribution in [-0.4, -0.2) is 65.1 Å². The lowest BCUT2D eigenvalue weighted by molar-refractivity contribution is -0.146. The van der Waals surface area contributed by atoms with Crippen LogP contribution in [0.15, 0.2) is 0 Å². The Hall–Kier alpha value is -1.34. The molecular weight excluding hydrogens is 228 g/mol. The number of nitrogens with zero attached hydrogens (tertiary/aromatic N) is 1. The van der Waals surface area contributed by atoms with Crippen molar-refractivity contribution in [3.05, 3.63) is 0 Å². The number of amides is 2. The van der Waals surface area contributed by atoms with Crippen LogP contribution in [0.1, 0.15) is 13.8 Å². The lowest BCUT2D eigenvalue weighted by Gasteiger charge is -2.35. The summed E-state index contributed by atoms with van der Waals surface area (Å²) in [6, 6.07) is -0.382. The van der Waals surface area contributed by atoms with Gasteiger partial charge in [-0.05, 0) is 13.8 Å². The van der Waals surface area contributed by atoms with Gasteiger partial charge in [-0.3, -0.25) is 0 Å². The van der Waals surface area contributed by atoms with Gasteiger partial charge >= 0.3 is 12.0 Å². The van der Waals surface area contributed by atoms with E-state index in [4.69, 9.17) is 14.9 Å². The molecule has 1 aliphatic heterocycles. The lowest BCUT2D eigenvalue weighted by Crippen LogP contribution is -2.53. The summed E-state index contributed by atoms with van der Waals surface area (Å²) in [6.45, 7) is 4.34. The number of carbonyl (C=O) groups is 2. The second-order valence-corrected chi connectivity index (χ2v) is 4.20. The minimum Gasteiger partial charge on any atom is -0.479 e. The van der Waals surface area contributed by atoms with Crippen LogP contribution in [0.5, 0.6) is 0 Å². The molecule has 1 fully saturated rings. The number of rotatable bonds is 3. The smallest absolute Gasteiger partial charge is 0.334 e. The summed E-state index contributed by atoms with van der Waals surface area (Å²) in [7, 11) is 0. The number of aliphatic carboxylic acids is 1. The van der Waals surface area contributed by atoms with E-state index in [1.165, 1.54) is 0 Å². The van der Waals surface area contributed by atoms with Crippen molar-refractivity contribution in [2.45, 2.75) is 32.2 Å². The van der Waals surface area contributed by atoms with E-state index in [-0.39, 0.29) is 24.8 Å². The van der Waals surface area contributed by atoms with Crippen molar-refractivity contribution >= 4 is 12.0 Å². The van der Waals surface area contributed by atoms with E-state index in [1.54, 1.807) is 4.90 Å². The third-order valence-corrected chi connectivity index (χ3v) is 2.44. The number of urea groups is 1. The van der Waals surface area contributed by atoms with Gasteiger partial charge in [0.25, 0.3) is 0 Å². The number of carboxylic acids is 1. The van der Waals surface area contributed by atoms with E-state index in [1.807, 2.05) is 13.8 Å². The van der Waals surface area contributed by atoms with Crippen molar-refractivity contribution in [3.63, 3.8) is 0 Å². The minimum absolute atomic E-state index is 0.0473. The van der Waals surface area contributed by atoms with Crippen LogP contribution in [-0.2, 0) is 9.53 Å². The van der Waals surface area contributed by atoms with Gasteiger partial charge in [0.05, 0.1) is 18.8 Å². The highest BCUT2D eigenvalue weighted by atomic mass is 16.5. The molecular formula is C10H18N2O5. The molecule has 3 N–H and O–H groups in total. The largest absolute Gasteiger partial charge is 0.479 e. The van der Waals surface area contributed by atoms with Crippen LogP contribution in [0.25, 0.3) is 0 Å². The summed E-state index contributed by atoms with van der Waals surface area (Å²) in [5.74, 6) is -1.35. The fourth-order valence-corrected chi connectivity index (χ4v) is 1.73. The maximum atomic E-state index is 11.7. The maximum Gasteiger partial charge on any atom is 0.334 e. The summed E-state index contributed by atoms with van der Waals surface area (Å²) < 4.78 is 5.47. The molecule has 0 bridgehead atoms. The Morgan fingerprint density at radius 1 is 1.41 bits per heavy atom. The summed E-state index contributed by atoms with van der Waals surface area (Å²) in [6.07, 6.45) is -1.67. The van der Waals surface area contributed by atoms with Gasteiger partial charge in [0, 0.05) is 13.1 Å². The number of ether oxygens (including phenoxy) is 1. The van der Waals surface area contributed by atoms with Gasteiger partial charge in [0.1, 0.15) is 0 Å². The van der Waals surface area contributed by atoms with Gasteiger partial charge in [-0.1, -0.05) is 0 Å². The predicted octanol–water partition coefficient (Wildman–Crippen LogP) is -0.749. The van der Waals surface area contributed by atoms with Gasteiger partial charge in [0.15, 0.2) is 6.10 Å². The molecule has 0 spiro atoms. The second-order valence-electron chi connectivity index (χ2n) is 4.20. The molecule has 0 aromatic carbocycles. The Labute approximate surface area is 99.4 Å². The first kappa shape index (κ1) is 13.7. The molecule has 3 atom stereocenters. The molecule has 1 saturated heterocycles. The van der Waals surface area contributed by atoms with Crippen LogP contribution in [0, 0.1) is 0 Å². The van der Waals surface area contributed by atoms with Crippen molar-refractivity contribution in [1.29, 1.82) is 0 Å². The van der Waals surface area contributed by atoms with Crippen molar-refractivity contribution in [2.24, 2.45) is 0 Å².